The third kappa shape index (κ3) is 11.3. The molecule has 31 heteroatoms. The Morgan fingerprint density at radius 1 is 0.315 bits per heavy atom. The fourth-order valence-electron chi connectivity index (χ4n) is 9.81. The normalized spacial score (nSPS) is 51.1. The molecule has 30 atom stereocenters. The molecule has 22 aliphatic rings. The number of nitrogens with two attached hydrogens (primary N) is 1. The molecule has 12 bridgehead atoms. The van der Waals surface area contributed by atoms with E-state index in [-0.39, 0.29) is 12.2 Å². The van der Waals surface area contributed by atoms with Crippen molar-refractivity contribution in [3.05, 3.63) is 24.3 Å². The predicted octanol–water partition coefficient (Wildman–Crippen LogP) is -11.4. The average Bonchev–Trinajstić information content (AvgIpc) is 3.38. The molecule has 1 aromatic rings. The summed E-state index contributed by atoms with van der Waals surface area (Å²) >= 11 is 0. The van der Waals surface area contributed by atoms with Gasteiger partial charge in [-0.2, -0.15) is 0 Å². The second-order valence-electron chi connectivity index (χ2n) is 18.6. The maximum absolute atomic E-state index is 11.7. The number of para-hydroxylation sites is 2. The zero-order chi connectivity index (χ0) is 52.7. The first-order valence-corrected chi connectivity index (χ1v) is 23.5. The fraction of sp³-hybridized carbons (Fsp3) is 0.857. The molecule has 0 spiro atoms. The van der Waals surface area contributed by atoms with Gasteiger partial charge in [-0.25, -0.2) is 0 Å². The highest BCUT2D eigenvalue weighted by molar-refractivity contribution is 5.65. The molecule has 22 aliphatic heterocycles. The highest BCUT2D eigenvalue weighted by atomic mass is 16.8. The van der Waals surface area contributed by atoms with Gasteiger partial charge in [-0.15, -0.1) is 0 Å². The van der Waals surface area contributed by atoms with Gasteiger partial charge in [-0.3, -0.25) is 0 Å². The summed E-state index contributed by atoms with van der Waals surface area (Å²) < 4.78 is 69.6. The quantitative estimate of drug-likeness (QED) is 0.108. The number of benzene rings is 1. The first-order valence-electron chi connectivity index (χ1n) is 23.5. The van der Waals surface area contributed by atoms with Crippen molar-refractivity contribution in [2.45, 2.75) is 184 Å². The smallest absolute Gasteiger partial charge is 0.187 e. The molecule has 418 valence electrons. The number of rotatable bonds is 8. The van der Waals surface area contributed by atoms with Crippen LogP contribution in [0.25, 0.3) is 0 Å². The molecule has 31 nitrogen and oxygen atoms in total. The molecule has 20 N–H and O–H groups in total. The van der Waals surface area contributed by atoms with Crippen LogP contribution in [0.5, 0.6) is 0 Å². The minimum Gasteiger partial charge on any atom is -0.397 e. The Balaban J connectivity index is 1.11. The van der Waals surface area contributed by atoms with E-state index in [4.69, 9.17) is 62.6 Å². The second-order valence-corrected chi connectivity index (χ2v) is 18.6. The Labute approximate surface area is 413 Å². The van der Waals surface area contributed by atoms with Gasteiger partial charge in [0.25, 0.3) is 0 Å². The van der Waals surface area contributed by atoms with Crippen molar-refractivity contribution in [3.8, 4) is 0 Å². The van der Waals surface area contributed by atoms with Crippen molar-refractivity contribution >= 4 is 11.4 Å². The first kappa shape index (κ1) is 56.9. The summed E-state index contributed by atoms with van der Waals surface area (Å²) in [6.45, 7) is -5.31. The Hall–Kier alpha value is -2.34. The third-order valence-electron chi connectivity index (χ3n) is 13.9. The van der Waals surface area contributed by atoms with Gasteiger partial charge in [0.1, 0.15) is 146 Å². The van der Waals surface area contributed by atoms with E-state index in [0.717, 1.165) is 0 Å². The summed E-state index contributed by atoms with van der Waals surface area (Å²) in [5.41, 5.74) is 6.73. The Bertz CT molecular complexity index is 1890. The van der Waals surface area contributed by atoms with Gasteiger partial charge in [0.15, 0.2) is 37.7 Å². The van der Waals surface area contributed by atoms with E-state index in [9.17, 15) is 86.8 Å². The molecule has 0 amide bonds. The molecular formula is C42H66N2O29. The summed E-state index contributed by atoms with van der Waals surface area (Å²) in [5.74, 6) is 0. The number of hydrogen-bond acceptors (Lipinski definition) is 31. The number of nitrogens with one attached hydrogen (secondary N) is 1. The van der Waals surface area contributed by atoms with Crippen LogP contribution in [-0.2, 0) is 56.8 Å². The maximum atomic E-state index is 11.7. The van der Waals surface area contributed by atoms with E-state index < -0.39 is 217 Å². The van der Waals surface area contributed by atoms with Crippen LogP contribution in [0.15, 0.2) is 24.3 Å². The zero-order valence-electron chi connectivity index (χ0n) is 38.5. The SMILES string of the molecule is Nc1ccccc1NC[C@H]1O[C@@H]2O[C@H]3[C@H](O)[C@@H](O)[C@@H](O[C@H]4[C@H](O)[C@@H](O)[C@@H](O[C@H]5[C@H](O)[C@@H](O)[C@@H](O[C@H]6[C@H](O)[C@@H](O)[C@@H](O[C@H]7[C@H](O)[C@@H](O)[C@@H](O[C@H]1[C@H](O)[C@H]2O)O[C@@H]7CO)O[C@@H]6CO)O[C@@H]5CO)O[C@@H]4CO)O[C@@H]3CO. The van der Waals surface area contributed by atoms with Crippen LogP contribution in [0.2, 0.25) is 0 Å². The summed E-state index contributed by atoms with van der Waals surface area (Å²) in [4.78, 5) is 0. The topological polar surface area (TPSA) is 493 Å². The Morgan fingerprint density at radius 2 is 0.534 bits per heavy atom. The van der Waals surface area contributed by atoms with E-state index in [1.807, 2.05) is 0 Å². The lowest BCUT2D eigenvalue weighted by molar-refractivity contribution is -0.403. The number of ether oxygens (including phenoxy) is 12. The standard InChI is InChI=1S/C42H66N2O29/c43-11-3-1-2-4-12(11)44-5-13-31-19(50)25(56)37(62-13)69-32-14(6-45)64-39(27(58)21(32)52)71-34-16(8-47)66-41(29(60)23(34)54)73-36-18(10-49)67-42(30(61)24(36)55)72-35-17(9-48)65-40(28(59)22(35)53)70-33-15(7-46)63-38(68-31)26(57)20(33)51/h1-4,13-42,44-61H,5-10,43H2/t13-,14-,15-,16-,17-,18-,19-,20-,21-,22-,23-,24-,25-,26-,27-,28-,29-,30-,31-,32-,33-,34-,35-,36-,37-,38-,39-,40-,41-,42-/m1/s1. The number of aliphatic hydroxyl groups is 17. The van der Waals surface area contributed by atoms with Crippen LogP contribution in [0.1, 0.15) is 0 Å². The number of hydrogen-bond donors (Lipinski definition) is 19. The van der Waals surface area contributed by atoms with E-state index in [2.05, 4.69) is 5.32 Å². The average molecular weight is 1060 g/mol. The number of anilines is 2. The highest BCUT2D eigenvalue weighted by Crippen LogP contribution is 2.38. The minimum absolute atomic E-state index is 0.257. The van der Waals surface area contributed by atoms with Gasteiger partial charge in [-0.1, -0.05) is 12.1 Å². The van der Waals surface area contributed by atoms with E-state index >= 15 is 0 Å². The van der Waals surface area contributed by atoms with Crippen LogP contribution in [0, 0.1) is 0 Å². The molecule has 0 aromatic heterocycles. The molecule has 23 rings (SSSR count). The first-order chi connectivity index (χ1) is 34.8. The van der Waals surface area contributed by atoms with Crippen LogP contribution in [0.4, 0.5) is 11.4 Å². The van der Waals surface area contributed by atoms with Crippen LogP contribution >= 0.6 is 0 Å². The van der Waals surface area contributed by atoms with E-state index in [1.165, 1.54) is 0 Å². The molecule has 22 fully saturated rings. The monoisotopic (exact) mass is 1060 g/mol. The summed E-state index contributed by atoms with van der Waals surface area (Å²) in [6.07, 6.45) is -58.1. The Kier molecular flexibility index (Phi) is 18.8. The van der Waals surface area contributed by atoms with Gasteiger partial charge in [0, 0.05) is 6.54 Å². The Morgan fingerprint density at radius 3 is 0.767 bits per heavy atom. The van der Waals surface area contributed by atoms with Gasteiger partial charge >= 0.3 is 0 Å². The molecule has 0 aliphatic carbocycles. The van der Waals surface area contributed by atoms with Gasteiger partial charge in [0.2, 0.25) is 0 Å². The molecule has 73 heavy (non-hydrogen) atoms. The molecule has 22 heterocycles. The lowest BCUT2D eigenvalue weighted by Gasteiger charge is -2.50. The summed E-state index contributed by atoms with van der Waals surface area (Å²) in [7, 11) is 0. The molecule has 0 radical (unpaired) electrons. The molecular weight excluding hydrogens is 996 g/mol. The van der Waals surface area contributed by atoms with Crippen molar-refractivity contribution < 1.29 is 144 Å². The molecule has 0 saturated carbocycles. The lowest BCUT2D eigenvalue weighted by Crippen LogP contribution is -2.69. The van der Waals surface area contributed by atoms with E-state index in [1.54, 1.807) is 24.3 Å². The number of aliphatic hydroxyl groups excluding tert-OH is 17. The number of nitrogen functional groups attached to an aromatic ring is 1. The van der Waals surface area contributed by atoms with Crippen LogP contribution < -0.4 is 11.1 Å². The maximum Gasteiger partial charge on any atom is 0.187 e. The second kappa shape index (κ2) is 24.1. The van der Waals surface area contributed by atoms with Crippen molar-refractivity contribution in [3.63, 3.8) is 0 Å². The van der Waals surface area contributed by atoms with Gasteiger partial charge in [-0.05, 0) is 12.1 Å². The van der Waals surface area contributed by atoms with E-state index in [0.29, 0.717) is 5.69 Å². The zero-order valence-corrected chi connectivity index (χ0v) is 38.5. The molecule has 0 unspecified atom stereocenters. The van der Waals surface area contributed by atoms with Crippen LogP contribution in [0.3, 0.4) is 0 Å². The van der Waals surface area contributed by atoms with Crippen molar-refractivity contribution in [1.29, 1.82) is 0 Å². The van der Waals surface area contributed by atoms with Crippen LogP contribution in [-0.4, -0.2) is 311 Å². The summed E-state index contributed by atoms with van der Waals surface area (Å²) in [5, 5.41) is 192. The fourth-order valence-corrected chi connectivity index (χ4v) is 9.81. The van der Waals surface area contributed by atoms with Crippen molar-refractivity contribution in [1.82, 2.24) is 0 Å². The largest absolute Gasteiger partial charge is 0.397 e. The van der Waals surface area contributed by atoms with Crippen molar-refractivity contribution in [2.75, 3.05) is 50.6 Å². The van der Waals surface area contributed by atoms with Gasteiger partial charge in [0.05, 0.1) is 44.4 Å². The molecule has 1 aromatic carbocycles. The van der Waals surface area contributed by atoms with Gasteiger partial charge < -0.3 is 155 Å². The third-order valence-corrected chi connectivity index (χ3v) is 13.9. The predicted molar refractivity (Wildman–Crippen MR) is 228 cm³/mol. The lowest BCUT2D eigenvalue weighted by atomic mass is 9.94. The minimum atomic E-state index is -2.15. The highest BCUT2D eigenvalue weighted by Gasteiger charge is 2.58. The summed E-state index contributed by atoms with van der Waals surface area (Å²) in [6, 6.07) is 6.42. The van der Waals surface area contributed by atoms with Crippen molar-refractivity contribution in [2.24, 2.45) is 0 Å². The molecule has 22 saturated heterocycles.